The van der Waals surface area contributed by atoms with Crippen LogP contribution in [0.25, 0.3) is 5.69 Å². The van der Waals surface area contributed by atoms with Crippen LogP contribution in [-0.4, -0.2) is 45.0 Å². The highest BCUT2D eigenvalue weighted by molar-refractivity contribution is 5.88. The average molecular weight is 354 g/mol. The summed E-state index contributed by atoms with van der Waals surface area (Å²) in [5.41, 5.74) is -0.528. The van der Waals surface area contributed by atoms with Crippen molar-refractivity contribution < 1.29 is 23.1 Å². The van der Waals surface area contributed by atoms with Crippen LogP contribution in [0.5, 0.6) is 0 Å². The summed E-state index contributed by atoms with van der Waals surface area (Å²) in [4.78, 5) is 13.6. The van der Waals surface area contributed by atoms with Crippen LogP contribution in [0.2, 0.25) is 0 Å². The van der Waals surface area contributed by atoms with E-state index in [0.29, 0.717) is 12.8 Å². The van der Waals surface area contributed by atoms with Gasteiger partial charge >= 0.3 is 12.2 Å². The molecule has 2 N–H and O–H groups in total. The Morgan fingerprint density at radius 3 is 2.72 bits per heavy atom. The molecule has 25 heavy (non-hydrogen) atoms. The third-order valence-corrected chi connectivity index (χ3v) is 4.22. The zero-order valence-electron chi connectivity index (χ0n) is 13.4. The van der Waals surface area contributed by atoms with E-state index in [4.69, 9.17) is 0 Å². The molecule has 0 spiro atoms. The van der Waals surface area contributed by atoms with Gasteiger partial charge in [-0.15, -0.1) is 5.10 Å². The Hall–Kier alpha value is -2.55. The normalized spacial score (nSPS) is 20.0. The lowest BCUT2D eigenvalue weighted by molar-refractivity contribution is -0.137. The Labute approximate surface area is 141 Å². The number of hydrogen-bond acceptors (Lipinski definition) is 3. The van der Waals surface area contributed by atoms with Crippen LogP contribution >= 0.6 is 0 Å². The number of nitrogens with one attached hydrogen (secondary N) is 1. The Bertz CT molecular complexity index is 769. The number of hydrogen-bond donors (Lipinski definition) is 2. The van der Waals surface area contributed by atoms with Gasteiger partial charge < -0.3 is 10.0 Å². The summed E-state index contributed by atoms with van der Waals surface area (Å²) in [6.07, 6.45) is -2.28. The number of aliphatic hydroxyl groups excluding tert-OH is 1. The number of rotatable bonds is 3. The first-order chi connectivity index (χ1) is 11.7. The second kappa shape index (κ2) is 6.40. The Morgan fingerprint density at radius 1 is 1.36 bits per heavy atom. The van der Waals surface area contributed by atoms with E-state index in [2.05, 4.69) is 10.4 Å². The maximum absolute atomic E-state index is 12.8. The standard InChI is InChI=1S/C16H17F3N4O2/c1-22(12-8-13(24)9-12)15(25)20-14-5-6-23(21-14)11-4-2-3-10(7-11)16(17,18)19/h2-7,12-13,24H,8-9H2,1H3,(H,20,21,25). The Balaban J connectivity index is 1.69. The van der Waals surface area contributed by atoms with Gasteiger partial charge in [-0.3, -0.25) is 5.32 Å². The number of alkyl halides is 3. The zero-order chi connectivity index (χ0) is 18.2. The summed E-state index contributed by atoms with van der Waals surface area (Å²) < 4.78 is 39.6. The largest absolute Gasteiger partial charge is 0.416 e. The molecule has 1 aliphatic rings. The average Bonchev–Trinajstić information content (AvgIpc) is 2.99. The minimum Gasteiger partial charge on any atom is -0.393 e. The molecule has 1 aromatic heterocycles. The summed E-state index contributed by atoms with van der Waals surface area (Å²) in [7, 11) is 1.62. The van der Waals surface area contributed by atoms with Crippen LogP contribution in [0.4, 0.5) is 23.8 Å². The van der Waals surface area contributed by atoms with Crippen molar-refractivity contribution >= 4 is 11.8 Å². The lowest BCUT2D eigenvalue weighted by atomic mass is 9.88. The molecule has 0 bridgehead atoms. The van der Waals surface area contributed by atoms with Gasteiger partial charge in [-0.25, -0.2) is 9.48 Å². The lowest BCUT2D eigenvalue weighted by Gasteiger charge is -2.38. The molecule has 1 aliphatic carbocycles. The molecule has 1 aromatic carbocycles. The maximum atomic E-state index is 12.8. The van der Waals surface area contributed by atoms with E-state index in [1.165, 1.54) is 34.0 Å². The maximum Gasteiger partial charge on any atom is 0.416 e. The second-order valence-corrected chi connectivity index (χ2v) is 6.01. The van der Waals surface area contributed by atoms with Gasteiger partial charge in [-0.2, -0.15) is 13.2 Å². The number of aromatic nitrogens is 2. The van der Waals surface area contributed by atoms with Crippen molar-refractivity contribution in [2.75, 3.05) is 12.4 Å². The van der Waals surface area contributed by atoms with Crippen LogP contribution in [0, 0.1) is 0 Å². The highest BCUT2D eigenvalue weighted by Gasteiger charge is 2.33. The molecule has 0 radical (unpaired) electrons. The van der Waals surface area contributed by atoms with Gasteiger partial charge in [0.15, 0.2) is 5.82 Å². The number of amides is 2. The first kappa shape index (κ1) is 17.3. The quantitative estimate of drug-likeness (QED) is 0.890. The zero-order valence-corrected chi connectivity index (χ0v) is 13.4. The number of benzene rings is 1. The Kier molecular flexibility index (Phi) is 4.42. The van der Waals surface area contributed by atoms with Gasteiger partial charge in [0.05, 0.1) is 17.4 Å². The van der Waals surface area contributed by atoms with Crippen molar-refractivity contribution in [3.63, 3.8) is 0 Å². The van der Waals surface area contributed by atoms with E-state index in [-0.39, 0.29) is 29.7 Å². The summed E-state index contributed by atoms with van der Waals surface area (Å²) >= 11 is 0. The first-order valence-electron chi connectivity index (χ1n) is 7.69. The molecule has 0 atom stereocenters. The smallest absolute Gasteiger partial charge is 0.393 e. The van der Waals surface area contributed by atoms with Crippen molar-refractivity contribution in [3.8, 4) is 5.69 Å². The summed E-state index contributed by atoms with van der Waals surface area (Å²) in [6.45, 7) is 0. The van der Waals surface area contributed by atoms with E-state index in [0.717, 1.165) is 12.1 Å². The molecule has 1 heterocycles. The molecule has 9 heteroatoms. The van der Waals surface area contributed by atoms with Gasteiger partial charge in [-0.1, -0.05) is 6.07 Å². The number of carbonyl (C=O) groups excluding carboxylic acids is 1. The monoisotopic (exact) mass is 354 g/mol. The third kappa shape index (κ3) is 3.76. The second-order valence-electron chi connectivity index (χ2n) is 6.01. The molecular weight excluding hydrogens is 337 g/mol. The fourth-order valence-corrected chi connectivity index (χ4v) is 2.60. The molecule has 2 aromatic rings. The number of halogens is 3. The molecule has 0 unspecified atom stereocenters. The van der Waals surface area contributed by atoms with Crippen LogP contribution in [0.15, 0.2) is 36.5 Å². The number of anilines is 1. The molecular formula is C16H17F3N4O2. The van der Waals surface area contributed by atoms with Crippen molar-refractivity contribution in [2.45, 2.75) is 31.2 Å². The molecule has 0 saturated heterocycles. The van der Waals surface area contributed by atoms with Gasteiger partial charge in [0.25, 0.3) is 0 Å². The Morgan fingerprint density at radius 2 is 2.08 bits per heavy atom. The van der Waals surface area contributed by atoms with Crippen molar-refractivity contribution in [2.24, 2.45) is 0 Å². The molecule has 3 rings (SSSR count). The summed E-state index contributed by atoms with van der Waals surface area (Å²) in [5.74, 6) is 0.231. The van der Waals surface area contributed by atoms with E-state index in [1.54, 1.807) is 7.05 Å². The van der Waals surface area contributed by atoms with Gasteiger partial charge in [0.2, 0.25) is 0 Å². The topological polar surface area (TPSA) is 70.4 Å². The van der Waals surface area contributed by atoms with Crippen molar-refractivity contribution in [1.82, 2.24) is 14.7 Å². The molecule has 2 amide bonds. The summed E-state index contributed by atoms with van der Waals surface area (Å²) in [6, 6.07) is 5.86. The van der Waals surface area contributed by atoms with E-state index in [1.807, 2.05) is 0 Å². The molecule has 0 aliphatic heterocycles. The van der Waals surface area contributed by atoms with E-state index in [9.17, 15) is 23.1 Å². The number of urea groups is 1. The molecule has 1 fully saturated rings. The van der Waals surface area contributed by atoms with Gasteiger partial charge in [-0.05, 0) is 31.0 Å². The number of carbonyl (C=O) groups is 1. The fraction of sp³-hybridized carbons (Fsp3) is 0.375. The minimum absolute atomic E-state index is 0.0273. The van der Waals surface area contributed by atoms with Gasteiger partial charge in [0.1, 0.15) is 0 Å². The third-order valence-electron chi connectivity index (χ3n) is 4.22. The van der Waals surface area contributed by atoms with Crippen LogP contribution in [0.3, 0.4) is 0 Å². The summed E-state index contributed by atoms with van der Waals surface area (Å²) in [5, 5.41) is 16.0. The van der Waals surface area contributed by atoms with Crippen LogP contribution in [0.1, 0.15) is 18.4 Å². The van der Waals surface area contributed by atoms with E-state index >= 15 is 0 Å². The van der Waals surface area contributed by atoms with Crippen LogP contribution in [-0.2, 0) is 6.18 Å². The minimum atomic E-state index is -4.43. The highest BCUT2D eigenvalue weighted by Crippen LogP contribution is 2.30. The predicted molar refractivity (Wildman–Crippen MR) is 84.4 cm³/mol. The van der Waals surface area contributed by atoms with Crippen LogP contribution < -0.4 is 5.32 Å². The molecule has 1 saturated carbocycles. The fourth-order valence-electron chi connectivity index (χ4n) is 2.60. The molecule has 134 valence electrons. The highest BCUT2D eigenvalue weighted by atomic mass is 19.4. The lowest BCUT2D eigenvalue weighted by Crippen LogP contribution is -2.49. The SMILES string of the molecule is CN(C(=O)Nc1ccn(-c2cccc(C(F)(F)F)c2)n1)C1CC(O)C1. The van der Waals surface area contributed by atoms with Crippen molar-refractivity contribution in [3.05, 3.63) is 42.1 Å². The number of aliphatic hydroxyl groups is 1. The van der Waals surface area contributed by atoms with Crippen molar-refractivity contribution in [1.29, 1.82) is 0 Å². The number of nitrogens with zero attached hydrogens (tertiary/aromatic N) is 3. The predicted octanol–water partition coefficient (Wildman–Crippen LogP) is 2.88. The van der Waals surface area contributed by atoms with E-state index < -0.39 is 11.7 Å². The molecule has 6 nitrogen and oxygen atoms in total. The van der Waals surface area contributed by atoms with Gasteiger partial charge in [0, 0.05) is 25.4 Å². The first-order valence-corrected chi connectivity index (χ1v) is 7.69.